The number of anilines is 2. The maximum Gasteiger partial charge on any atom is 0.254 e. The molecule has 4 aromatic rings. The molecule has 0 aliphatic carbocycles. The number of carbonyl (C=O) groups is 1. The fourth-order valence-corrected chi connectivity index (χ4v) is 4.30. The van der Waals surface area contributed by atoms with Crippen LogP contribution in [-0.4, -0.2) is 43.8 Å². The number of aromatic amines is 1. The van der Waals surface area contributed by atoms with Crippen LogP contribution in [0.5, 0.6) is 0 Å². The number of carbonyl (C=O) groups excluding carboxylic acids is 1. The number of nitrogens with one attached hydrogen (secondary N) is 2. The highest BCUT2D eigenvalue weighted by molar-refractivity contribution is 6.39. The van der Waals surface area contributed by atoms with Crippen molar-refractivity contribution in [1.82, 2.24) is 24.8 Å². The number of benzene rings is 1. The molecule has 2 N–H and O–H groups in total. The van der Waals surface area contributed by atoms with Crippen LogP contribution in [0.2, 0.25) is 10.0 Å². The van der Waals surface area contributed by atoms with Crippen molar-refractivity contribution in [3.05, 3.63) is 64.4 Å². The van der Waals surface area contributed by atoms with Crippen LogP contribution in [0, 0.1) is 0 Å². The van der Waals surface area contributed by atoms with Gasteiger partial charge in [0.2, 0.25) is 0 Å². The van der Waals surface area contributed by atoms with Gasteiger partial charge < -0.3 is 15.2 Å². The van der Waals surface area contributed by atoms with Crippen LogP contribution in [0.3, 0.4) is 0 Å². The average molecular weight is 453 g/mol. The molecule has 1 fully saturated rings. The quantitative estimate of drug-likeness (QED) is 0.438. The first-order valence-electron chi connectivity index (χ1n) is 9.91. The highest BCUT2D eigenvalue weighted by Crippen LogP contribution is 2.35. The highest BCUT2D eigenvalue weighted by atomic mass is 35.5. The van der Waals surface area contributed by atoms with Gasteiger partial charge in [-0.25, -0.2) is 15.0 Å². The summed E-state index contributed by atoms with van der Waals surface area (Å²) in [5.41, 5.74) is 2.61. The minimum atomic E-state index is 0.0181. The molecule has 1 saturated heterocycles. The number of likely N-dealkylation sites (tertiary alicyclic amines) is 1. The van der Waals surface area contributed by atoms with E-state index in [0.717, 1.165) is 31.4 Å². The van der Waals surface area contributed by atoms with Crippen LogP contribution in [0.25, 0.3) is 22.4 Å². The van der Waals surface area contributed by atoms with Crippen molar-refractivity contribution < 1.29 is 4.79 Å². The van der Waals surface area contributed by atoms with Crippen molar-refractivity contribution >= 4 is 51.8 Å². The summed E-state index contributed by atoms with van der Waals surface area (Å²) in [4.78, 5) is 31.2. The zero-order chi connectivity index (χ0) is 21.4. The van der Waals surface area contributed by atoms with E-state index in [1.807, 2.05) is 11.0 Å². The van der Waals surface area contributed by atoms with Crippen molar-refractivity contribution in [3.63, 3.8) is 0 Å². The average Bonchev–Trinajstić information content (AvgIpc) is 3.44. The molecule has 0 unspecified atom stereocenters. The number of hydrogen-bond donors (Lipinski definition) is 2. The van der Waals surface area contributed by atoms with Crippen molar-refractivity contribution in [1.29, 1.82) is 0 Å². The second kappa shape index (κ2) is 8.17. The Balaban J connectivity index is 1.48. The third-order valence-corrected chi connectivity index (χ3v) is 5.88. The molecule has 5 rings (SSSR count). The standard InChI is InChI=1S/C22H18Cl2N6O/c23-14-4-3-5-15(24)18(14)20-27-16-7-9-26-21(19(16)29-20)28-17-12-13(6-8-25-17)22(31)30-10-1-2-11-30/h3-9,12H,1-2,10-11H2,(H,27,29)(H,25,26,28). The fourth-order valence-electron chi connectivity index (χ4n) is 3.73. The smallest absolute Gasteiger partial charge is 0.254 e. The molecule has 0 spiro atoms. The fraction of sp³-hybridized carbons (Fsp3) is 0.182. The highest BCUT2D eigenvalue weighted by Gasteiger charge is 2.20. The van der Waals surface area contributed by atoms with Crippen LogP contribution in [0.1, 0.15) is 23.2 Å². The molecule has 0 saturated carbocycles. The number of amides is 1. The zero-order valence-electron chi connectivity index (χ0n) is 16.4. The number of imidazole rings is 1. The Kier molecular flexibility index (Phi) is 5.21. The van der Waals surface area contributed by atoms with E-state index in [0.29, 0.717) is 44.1 Å². The molecule has 156 valence electrons. The largest absolute Gasteiger partial charge is 0.339 e. The van der Waals surface area contributed by atoms with Gasteiger partial charge in [-0.2, -0.15) is 0 Å². The summed E-state index contributed by atoms with van der Waals surface area (Å²) < 4.78 is 0. The molecule has 3 aromatic heterocycles. The summed E-state index contributed by atoms with van der Waals surface area (Å²) in [7, 11) is 0. The van der Waals surface area contributed by atoms with E-state index < -0.39 is 0 Å². The minimum absolute atomic E-state index is 0.0181. The Morgan fingerprint density at radius 3 is 2.55 bits per heavy atom. The SMILES string of the molecule is O=C(c1ccnc(Nc2nccc3[nH]c(-c4c(Cl)cccc4Cl)nc23)c1)N1CCCC1. The van der Waals surface area contributed by atoms with E-state index in [2.05, 4.69) is 25.3 Å². The summed E-state index contributed by atoms with van der Waals surface area (Å²) in [6.45, 7) is 1.59. The number of fused-ring (bicyclic) bond motifs is 1. The lowest BCUT2D eigenvalue weighted by atomic mass is 10.2. The van der Waals surface area contributed by atoms with E-state index in [1.165, 1.54) is 0 Å². The summed E-state index contributed by atoms with van der Waals surface area (Å²) in [5, 5.41) is 4.19. The predicted molar refractivity (Wildman–Crippen MR) is 122 cm³/mol. The molecule has 0 radical (unpaired) electrons. The molecule has 1 aromatic carbocycles. The third kappa shape index (κ3) is 3.82. The Morgan fingerprint density at radius 2 is 1.77 bits per heavy atom. The van der Waals surface area contributed by atoms with E-state index in [1.54, 1.807) is 42.7 Å². The Labute approximate surface area is 188 Å². The zero-order valence-corrected chi connectivity index (χ0v) is 17.9. The molecule has 1 aliphatic heterocycles. The third-order valence-electron chi connectivity index (χ3n) is 5.25. The molecule has 9 heteroatoms. The van der Waals surface area contributed by atoms with E-state index in [4.69, 9.17) is 23.2 Å². The van der Waals surface area contributed by atoms with Gasteiger partial charge in [-0.3, -0.25) is 4.79 Å². The van der Waals surface area contributed by atoms with Crippen LogP contribution in [-0.2, 0) is 0 Å². The molecule has 4 heterocycles. The molecule has 7 nitrogen and oxygen atoms in total. The van der Waals surface area contributed by atoms with Gasteiger partial charge in [0.25, 0.3) is 5.91 Å². The summed E-state index contributed by atoms with van der Waals surface area (Å²) >= 11 is 12.7. The number of pyridine rings is 2. The Hall–Kier alpha value is -3.16. The minimum Gasteiger partial charge on any atom is -0.339 e. The topological polar surface area (TPSA) is 86.8 Å². The number of rotatable bonds is 4. The maximum absolute atomic E-state index is 12.7. The van der Waals surface area contributed by atoms with Gasteiger partial charge in [0.15, 0.2) is 5.82 Å². The molecule has 1 aliphatic rings. The first-order chi connectivity index (χ1) is 15.1. The second-order valence-corrected chi connectivity index (χ2v) is 8.11. The van der Waals surface area contributed by atoms with Gasteiger partial charge in [-0.1, -0.05) is 29.3 Å². The summed E-state index contributed by atoms with van der Waals surface area (Å²) in [6, 6.07) is 10.6. The van der Waals surface area contributed by atoms with Gasteiger partial charge in [0, 0.05) is 31.0 Å². The number of aromatic nitrogens is 4. The van der Waals surface area contributed by atoms with Crippen molar-refractivity contribution in [2.75, 3.05) is 18.4 Å². The Bertz CT molecular complexity index is 1260. The lowest BCUT2D eigenvalue weighted by Crippen LogP contribution is -2.27. The lowest BCUT2D eigenvalue weighted by molar-refractivity contribution is 0.0792. The van der Waals surface area contributed by atoms with Gasteiger partial charge in [0.05, 0.1) is 21.1 Å². The Morgan fingerprint density at radius 1 is 1.03 bits per heavy atom. The van der Waals surface area contributed by atoms with Crippen molar-refractivity contribution in [2.24, 2.45) is 0 Å². The van der Waals surface area contributed by atoms with Crippen LogP contribution in [0.4, 0.5) is 11.6 Å². The monoisotopic (exact) mass is 452 g/mol. The van der Waals surface area contributed by atoms with Crippen LogP contribution >= 0.6 is 23.2 Å². The number of H-pyrrole nitrogens is 1. The molecule has 1 amide bonds. The molecular weight excluding hydrogens is 435 g/mol. The van der Waals surface area contributed by atoms with Crippen LogP contribution in [0.15, 0.2) is 48.8 Å². The maximum atomic E-state index is 12.7. The first-order valence-corrected chi connectivity index (χ1v) is 10.7. The first kappa shape index (κ1) is 19.8. The number of nitrogens with zero attached hydrogens (tertiary/aromatic N) is 4. The summed E-state index contributed by atoms with van der Waals surface area (Å²) in [6.07, 6.45) is 5.38. The van der Waals surface area contributed by atoms with Crippen molar-refractivity contribution in [2.45, 2.75) is 12.8 Å². The van der Waals surface area contributed by atoms with Crippen molar-refractivity contribution in [3.8, 4) is 11.4 Å². The van der Waals surface area contributed by atoms with E-state index in [9.17, 15) is 4.79 Å². The predicted octanol–water partition coefficient (Wildman–Crippen LogP) is 5.31. The number of halogens is 2. The molecule has 31 heavy (non-hydrogen) atoms. The normalized spacial score (nSPS) is 13.7. The van der Waals surface area contributed by atoms with Gasteiger partial charge in [-0.05, 0) is 43.2 Å². The van der Waals surface area contributed by atoms with Gasteiger partial charge in [0.1, 0.15) is 17.2 Å². The molecule has 0 bridgehead atoms. The van der Waals surface area contributed by atoms with Crippen LogP contribution < -0.4 is 5.32 Å². The van der Waals surface area contributed by atoms with Gasteiger partial charge >= 0.3 is 0 Å². The van der Waals surface area contributed by atoms with E-state index >= 15 is 0 Å². The van der Waals surface area contributed by atoms with E-state index in [-0.39, 0.29) is 5.91 Å². The summed E-state index contributed by atoms with van der Waals surface area (Å²) in [5.74, 6) is 1.60. The molecular formula is C22H18Cl2N6O. The lowest BCUT2D eigenvalue weighted by Gasteiger charge is -2.15. The number of hydrogen-bond acceptors (Lipinski definition) is 5. The van der Waals surface area contributed by atoms with Gasteiger partial charge in [-0.15, -0.1) is 0 Å². The molecule has 0 atom stereocenters. The second-order valence-electron chi connectivity index (χ2n) is 7.29.